The Bertz CT molecular complexity index is 409. The molecule has 0 radical (unpaired) electrons. The monoisotopic (exact) mass is 215 g/mol. The fourth-order valence-corrected chi connectivity index (χ4v) is 3.76. The molecule has 16 heavy (non-hydrogen) atoms. The van der Waals surface area contributed by atoms with Crippen molar-refractivity contribution in [3.05, 3.63) is 34.9 Å². The van der Waals surface area contributed by atoms with E-state index in [1.165, 1.54) is 19.3 Å². The molecule has 0 fully saturated rings. The van der Waals surface area contributed by atoms with Gasteiger partial charge in [-0.15, -0.1) is 0 Å². The van der Waals surface area contributed by atoms with Crippen molar-refractivity contribution in [3.63, 3.8) is 0 Å². The van der Waals surface area contributed by atoms with E-state index in [9.17, 15) is 0 Å². The zero-order valence-electron chi connectivity index (χ0n) is 10.3. The zero-order valence-corrected chi connectivity index (χ0v) is 10.3. The Balaban J connectivity index is 2.10. The molecule has 1 nitrogen and oxygen atoms in total. The lowest BCUT2D eigenvalue weighted by atomic mass is 9.75. The molecule has 0 bridgehead atoms. The summed E-state index contributed by atoms with van der Waals surface area (Å²) < 4.78 is 0. The molecule has 0 aliphatic heterocycles. The lowest BCUT2D eigenvalue weighted by Gasteiger charge is -2.30. The van der Waals surface area contributed by atoms with Gasteiger partial charge in [-0.2, -0.15) is 0 Å². The van der Waals surface area contributed by atoms with E-state index < -0.39 is 0 Å². The quantitative estimate of drug-likeness (QED) is 0.616. The number of hydrogen-bond donors (Lipinski definition) is 1. The van der Waals surface area contributed by atoms with Crippen LogP contribution in [0, 0.1) is 11.3 Å². The van der Waals surface area contributed by atoms with Gasteiger partial charge in [-0.1, -0.05) is 43.2 Å². The van der Waals surface area contributed by atoms with Gasteiger partial charge in [0.05, 0.1) is 0 Å². The van der Waals surface area contributed by atoms with Crippen LogP contribution in [0.5, 0.6) is 0 Å². The average molecular weight is 215 g/mol. The summed E-state index contributed by atoms with van der Waals surface area (Å²) in [6, 6.07) is 0.235. The standard InChI is InChI=1S/C15H21N/c1-15(2)13-6-4-3-5-11(13)12-8-7-10(16)9-14(12)15/h6-8,10-11H,3-5,9,16H2,1-2H3. The lowest BCUT2D eigenvalue weighted by molar-refractivity contribution is 0.469. The molecule has 0 aromatic rings. The fourth-order valence-electron chi connectivity index (χ4n) is 3.76. The second-order valence-corrected chi connectivity index (χ2v) is 5.93. The second-order valence-electron chi connectivity index (χ2n) is 5.93. The fraction of sp³-hybridized carbons (Fsp3) is 0.600. The van der Waals surface area contributed by atoms with Gasteiger partial charge >= 0.3 is 0 Å². The number of fused-ring (bicyclic) bond motifs is 2. The van der Waals surface area contributed by atoms with Crippen LogP contribution in [0.2, 0.25) is 0 Å². The third kappa shape index (κ3) is 1.27. The van der Waals surface area contributed by atoms with Gasteiger partial charge in [-0.25, -0.2) is 0 Å². The molecule has 2 atom stereocenters. The van der Waals surface area contributed by atoms with Crippen LogP contribution in [0.3, 0.4) is 0 Å². The topological polar surface area (TPSA) is 26.0 Å². The summed E-state index contributed by atoms with van der Waals surface area (Å²) in [5.41, 5.74) is 11.2. The van der Waals surface area contributed by atoms with Gasteiger partial charge in [0.2, 0.25) is 0 Å². The van der Waals surface area contributed by atoms with Gasteiger partial charge in [0, 0.05) is 17.4 Å². The molecule has 0 aromatic heterocycles. The Kier molecular flexibility index (Phi) is 2.16. The summed E-state index contributed by atoms with van der Waals surface area (Å²) >= 11 is 0. The summed E-state index contributed by atoms with van der Waals surface area (Å²) in [5, 5.41) is 0. The van der Waals surface area contributed by atoms with E-state index >= 15 is 0 Å². The Labute approximate surface area is 98.1 Å². The molecule has 3 rings (SSSR count). The van der Waals surface area contributed by atoms with Crippen molar-refractivity contribution >= 4 is 0 Å². The maximum Gasteiger partial charge on any atom is 0.0265 e. The highest BCUT2D eigenvalue weighted by atomic mass is 14.6. The Morgan fingerprint density at radius 2 is 2.19 bits per heavy atom. The highest BCUT2D eigenvalue weighted by Crippen LogP contribution is 2.56. The minimum Gasteiger partial charge on any atom is -0.324 e. The maximum absolute atomic E-state index is 6.06. The van der Waals surface area contributed by atoms with E-state index in [-0.39, 0.29) is 11.5 Å². The number of allylic oxidation sites excluding steroid dienone is 4. The second kappa shape index (κ2) is 3.33. The van der Waals surface area contributed by atoms with E-state index in [1.807, 2.05) is 0 Å². The van der Waals surface area contributed by atoms with E-state index in [1.54, 1.807) is 16.7 Å². The van der Waals surface area contributed by atoms with Crippen LogP contribution in [0.1, 0.15) is 39.5 Å². The van der Waals surface area contributed by atoms with E-state index in [2.05, 4.69) is 32.1 Å². The number of nitrogens with two attached hydrogens (primary N) is 1. The minimum absolute atomic E-state index is 0.235. The summed E-state index contributed by atoms with van der Waals surface area (Å²) in [6.07, 6.45) is 12.0. The van der Waals surface area contributed by atoms with Crippen molar-refractivity contribution in [1.29, 1.82) is 0 Å². The molecule has 86 valence electrons. The highest BCUT2D eigenvalue weighted by molar-refractivity contribution is 5.52. The third-order valence-electron chi connectivity index (χ3n) is 4.60. The predicted octanol–water partition coefficient (Wildman–Crippen LogP) is 3.34. The molecule has 0 heterocycles. The molecule has 0 spiro atoms. The first-order valence-corrected chi connectivity index (χ1v) is 6.48. The van der Waals surface area contributed by atoms with Crippen LogP contribution in [0.15, 0.2) is 34.9 Å². The predicted molar refractivity (Wildman–Crippen MR) is 68.0 cm³/mol. The van der Waals surface area contributed by atoms with Crippen LogP contribution in [-0.4, -0.2) is 6.04 Å². The molecule has 0 aromatic carbocycles. The summed E-state index contributed by atoms with van der Waals surface area (Å²) in [6.45, 7) is 4.76. The molecule has 2 unspecified atom stereocenters. The van der Waals surface area contributed by atoms with Crippen molar-refractivity contribution in [2.75, 3.05) is 0 Å². The van der Waals surface area contributed by atoms with E-state index in [4.69, 9.17) is 5.73 Å². The van der Waals surface area contributed by atoms with Gasteiger partial charge in [-0.3, -0.25) is 0 Å². The van der Waals surface area contributed by atoms with E-state index in [0.717, 1.165) is 6.42 Å². The summed E-state index contributed by atoms with van der Waals surface area (Å²) in [5.74, 6) is 0.711. The average Bonchev–Trinajstić information content (AvgIpc) is 2.49. The summed E-state index contributed by atoms with van der Waals surface area (Å²) in [4.78, 5) is 0. The Hall–Kier alpha value is -0.820. The van der Waals surface area contributed by atoms with Crippen LogP contribution in [0.4, 0.5) is 0 Å². The minimum atomic E-state index is 0.235. The first-order valence-electron chi connectivity index (χ1n) is 6.48. The number of rotatable bonds is 0. The maximum atomic E-state index is 6.06. The molecule has 0 saturated carbocycles. The Morgan fingerprint density at radius 1 is 1.38 bits per heavy atom. The first kappa shape index (κ1) is 10.3. The van der Waals surface area contributed by atoms with Crippen LogP contribution < -0.4 is 5.73 Å². The molecule has 0 amide bonds. The van der Waals surface area contributed by atoms with Crippen LogP contribution >= 0.6 is 0 Å². The highest BCUT2D eigenvalue weighted by Gasteiger charge is 2.43. The third-order valence-corrected chi connectivity index (χ3v) is 4.60. The lowest BCUT2D eigenvalue weighted by Crippen LogP contribution is -2.24. The zero-order chi connectivity index (χ0) is 11.3. The molecular weight excluding hydrogens is 194 g/mol. The molecule has 0 saturated heterocycles. The van der Waals surface area contributed by atoms with Crippen molar-refractivity contribution in [2.24, 2.45) is 17.1 Å². The van der Waals surface area contributed by atoms with Crippen molar-refractivity contribution in [1.82, 2.24) is 0 Å². The normalized spacial score (nSPS) is 35.8. The number of hydrogen-bond acceptors (Lipinski definition) is 1. The van der Waals surface area contributed by atoms with Gasteiger partial charge < -0.3 is 5.73 Å². The van der Waals surface area contributed by atoms with Crippen LogP contribution in [-0.2, 0) is 0 Å². The first-order chi connectivity index (χ1) is 7.60. The van der Waals surface area contributed by atoms with E-state index in [0.29, 0.717) is 5.92 Å². The van der Waals surface area contributed by atoms with Gasteiger partial charge in [-0.05, 0) is 31.3 Å². The Morgan fingerprint density at radius 3 is 3.00 bits per heavy atom. The molecular formula is C15H21N. The smallest absolute Gasteiger partial charge is 0.0265 e. The SMILES string of the molecule is CC1(C)C2=CCCCC2C2=C1CC(N)C=C2. The van der Waals surface area contributed by atoms with Gasteiger partial charge in [0.25, 0.3) is 0 Å². The van der Waals surface area contributed by atoms with Crippen molar-refractivity contribution < 1.29 is 0 Å². The molecule has 1 heteroatoms. The molecule has 3 aliphatic rings. The molecule has 3 aliphatic carbocycles. The van der Waals surface area contributed by atoms with Gasteiger partial charge in [0.15, 0.2) is 0 Å². The molecule has 2 N–H and O–H groups in total. The van der Waals surface area contributed by atoms with Crippen molar-refractivity contribution in [3.8, 4) is 0 Å². The van der Waals surface area contributed by atoms with Crippen LogP contribution in [0.25, 0.3) is 0 Å². The van der Waals surface area contributed by atoms with Crippen molar-refractivity contribution in [2.45, 2.75) is 45.6 Å². The summed E-state index contributed by atoms with van der Waals surface area (Å²) in [7, 11) is 0. The largest absolute Gasteiger partial charge is 0.324 e. The van der Waals surface area contributed by atoms with Gasteiger partial charge in [0.1, 0.15) is 0 Å².